The molecule has 6 heteroatoms. The van der Waals surface area contributed by atoms with Crippen molar-refractivity contribution in [2.75, 3.05) is 30.9 Å². The first kappa shape index (κ1) is 16.8. The highest BCUT2D eigenvalue weighted by atomic mass is 35.5. The molecule has 2 aromatic carbocycles. The number of nitrogens with zero attached hydrogens (tertiary/aromatic N) is 2. The molecule has 25 heavy (non-hydrogen) atoms. The van der Waals surface area contributed by atoms with Crippen LogP contribution < -0.4 is 9.64 Å². The van der Waals surface area contributed by atoms with Crippen molar-refractivity contribution < 1.29 is 14.4 Å². The Kier molecular flexibility index (Phi) is 4.40. The first-order chi connectivity index (χ1) is 12.1. The number of halogens is 1. The highest BCUT2D eigenvalue weighted by Crippen LogP contribution is 2.38. The van der Waals surface area contributed by atoms with Gasteiger partial charge in [-0.25, -0.2) is 9.48 Å². The Balaban J connectivity index is 1.76. The summed E-state index contributed by atoms with van der Waals surface area (Å²) in [4.78, 5) is 2.18. The first-order valence-corrected chi connectivity index (χ1v) is 9.65. The maximum Gasteiger partial charge on any atom is 0.316 e. The largest absolute Gasteiger partial charge is 0.497 e. The maximum atomic E-state index is 11.6. The third-order valence-electron chi connectivity index (χ3n) is 4.73. The van der Waals surface area contributed by atoms with Gasteiger partial charge >= 0.3 is 5.17 Å². The second-order valence-electron chi connectivity index (χ2n) is 6.24. The molecule has 4 rings (SSSR count). The van der Waals surface area contributed by atoms with E-state index in [0.29, 0.717) is 11.6 Å². The molecule has 4 nitrogen and oxygen atoms in total. The fraction of sp³-hybridized carbons (Fsp3) is 0.316. The van der Waals surface area contributed by atoms with Gasteiger partial charge in [-0.05, 0) is 66.7 Å². The number of anilines is 1. The summed E-state index contributed by atoms with van der Waals surface area (Å²) in [7, 11) is 1.65. The minimum Gasteiger partial charge on any atom is -0.497 e. The fourth-order valence-electron chi connectivity index (χ4n) is 3.43. The molecule has 130 valence electrons. The summed E-state index contributed by atoms with van der Waals surface area (Å²) in [6.07, 6.45) is 1.06. The Hall–Kier alpha value is -1.69. The van der Waals surface area contributed by atoms with Crippen molar-refractivity contribution in [2.45, 2.75) is 12.1 Å². The number of rotatable bonds is 3. The van der Waals surface area contributed by atoms with E-state index in [2.05, 4.69) is 9.48 Å². The Bertz CT molecular complexity index is 807. The molecule has 2 aromatic rings. The van der Waals surface area contributed by atoms with Crippen LogP contribution in [-0.2, 0) is 5.72 Å². The van der Waals surface area contributed by atoms with Crippen LogP contribution in [0.5, 0.6) is 5.75 Å². The van der Waals surface area contributed by atoms with Gasteiger partial charge < -0.3 is 9.84 Å². The van der Waals surface area contributed by atoms with E-state index in [0.717, 1.165) is 40.9 Å². The minimum atomic E-state index is -1.05. The molecule has 0 spiro atoms. The van der Waals surface area contributed by atoms with Gasteiger partial charge in [0.15, 0.2) is 6.54 Å². The van der Waals surface area contributed by atoms with Crippen molar-refractivity contribution in [1.82, 2.24) is 0 Å². The van der Waals surface area contributed by atoms with Crippen molar-refractivity contribution in [3.8, 4) is 5.75 Å². The molecule has 0 saturated carbocycles. The van der Waals surface area contributed by atoms with Crippen molar-refractivity contribution in [3.05, 3.63) is 59.1 Å². The number of amidine groups is 1. The number of methoxy groups -OCH3 is 1. The molecule has 0 radical (unpaired) electrons. The van der Waals surface area contributed by atoms with E-state index in [1.165, 1.54) is 0 Å². The zero-order valence-electron chi connectivity index (χ0n) is 14.0. The van der Waals surface area contributed by atoms with Gasteiger partial charge in [-0.15, -0.1) is 0 Å². The van der Waals surface area contributed by atoms with Gasteiger partial charge in [0.25, 0.3) is 5.72 Å². The lowest BCUT2D eigenvalue weighted by Crippen LogP contribution is -2.41. The molecule has 1 N–H and O–H groups in total. The highest BCUT2D eigenvalue weighted by Gasteiger charge is 2.53. The lowest BCUT2D eigenvalue weighted by Gasteiger charge is -2.24. The second-order valence-corrected chi connectivity index (χ2v) is 7.74. The number of benzene rings is 2. The highest BCUT2D eigenvalue weighted by molar-refractivity contribution is 8.13. The maximum absolute atomic E-state index is 11.6. The average Bonchev–Trinajstić information content (AvgIpc) is 2.97. The summed E-state index contributed by atoms with van der Waals surface area (Å²) < 4.78 is 7.37. The van der Waals surface area contributed by atoms with E-state index in [1.54, 1.807) is 18.9 Å². The average molecular weight is 376 g/mol. The quantitative estimate of drug-likeness (QED) is 0.833. The van der Waals surface area contributed by atoms with Gasteiger partial charge in [0.05, 0.1) is 13.7 Å². The topological polar surface area (TPSA) is 35.7 Å². The summed E-state index contributed by atoms with van der Waals surface area (Å²) in [5.41, 5.74) is 0.877. The molecule has 0 aliphatic carbocycles. The molecule has 0 saturated heterocycles. The van der Waals surface area contributed by atoms with E-state index < -0.39 is 5.72 Å². The van der Waals surface area contributed by atoms with Crippen molar-refractivity contribution in [2.24, 2.45) is 0 Å². The van der Waals surface area contributed by atoms with Gasteiger partial charge in [-0.2, -0.15) is 0 Å². The van der Waals surface area contributed by atoms with Crippen LogP contribution >= 0.6 is 23.4 Å². The molecule has 2 aliphatic rings. The molecule has 0 fully saturated rings. The molecule has 0 amide bonds. The smallest absolute Gasteiger partial charge is 0.316 e. The Morgan fingerprint density at radius 2 is 1.88 bits per heavy atom. The van der Waals surface area contributed by atoms with Gasteiger partial charge in [-0.3, -0.25) is 0 Å². The number of hydrogen-bond donors (Lipinski definition) is 1. The summed E-state index contributed by atoms with van der Waals surface area (Å²) in [5, 5.41) is 13.4. The predicted octanol–water partition coefficient (Wildman–Crippen LogP) is 3.52. The molecular weight excluding hydrogens is 356 g/mol. The fourth-order valence-corrected chi connectivity index (χ4v) is 4.73. The Morgan fingerprint density at radius 1 is 1.16 bits per heavy atom. The van der Waals surface area contributed by atoms with Gasteiger partial charge in [-0.1, -0.05) is 11.6 Å². The van der Waals surface area contributed by atoms with Crippen LogP contribution in [0.15, 0.2) is 48.5 Å². The monoisotopic (exact) mass is 375 g/mol. The normalized spacial score (nSPS) is 22.9. The van der Waals surface area contributed by atoms with Crippen LogP contribution in [-0.4, -0.2) is 40.8 Å². The van der Waals surface area contributed by atoms with Crippen LogP contribution in [0.1, 0.15) is 12.0 Å². The number of ether oxygens (including phenoxy) is 1. The van der Waals surface area contributed by atoms with Crippen LogP contribution in [0, 0.1) is 0 Å². The first-order valence-electron chi connectivity index (χ1n) is 8.29. The number of β-amino-alcohol motifs (C(OH)–C–C–N with tert-alkyl or cyclic N) is 1. The minimum absolute atomic E-state index is 0.489. The molecule has 2 aliphatic heterocycles. The van der Waals surface area contributed by atoms with Crippen LogP contribution in [0.3, 0.4) is 0 Å². The SMILES string of the molecule is COc1ccc([C@@]2(O)CN(c3ccc(Cl)cc3)C3=[N+]2CCCS3)cc1. The van der Waals surface area contributed by atoms with Gasteiger partial charge in [0, 0.05) is 16.3 Å². The van der Waals surface area contributed by atoms with Crippen LogP contribution in [0.2, 0.25) is 5.02 Å². The number of thioether (sulfide) groups is 1. The third kappa shape index (κ3) is 2.90. The summed E-state index contributed by atoms with van der Waals surface area (Å²) in [6, 6.07) is 15.5. The summed E-state index contributed by atoms with van der Waals surface area (Å²) >= 11 is 7.83. The second kappa shape index (κ2) is 6.56. The van der Waals surface area contributed by atoms with E-state index in [1.807, 2.05) is 48.5 Å². The standard InChI is InChI=1S/C19H20ClN2O2S/c1-24-17-9-3-14(4-10-17)19(23)13-21(16-7-5-15(20)6-8-16)18-22(19)11-2-12-25-18/h3-10,23H,2,11-13H2,1H3/q+1/t19-/m0/s1. The van der Waals surface area contributed by atoms with Crippen molar-refractivity contribution in [1.29, 1.82) is 0 Å². The summed E-state index contributed by atoms with van der Waals surface area (Å²) in [5.74, 6) is 1.85. The van der Waals surface area contributed by atoms with Gasteiger partial charge in [0.2, 0.25) is 0 Å². The van der Waals surface area contributed by atoms with E-state index >= 15 is 0 Å². The Morgan fingerprint density at radius 3 is 2.56 bits per heavy atom. The van der Waals surface area contributed by atoms with Crippen LogP contribution in [0.25, 0.3) is 0 Å². The number of hydrogen-bond acceptors (Lipinski definition) is 4. The zero-order chi connectivity index (χ0) is 17.4. The zero-order valence-corrected chi connectivity index (χ0v) is 15.6. The molecule has 0 aromatic heterocycles. The van der Waals surface area contributed by atoms with Crippen LogP contribution in [0.4, 0.5) is 5.69 Å². The van der Waals surface area contributed by atoms with E-state index in [9.17, 15) is 5.11 Å². The number of aliphatic hydroxyl groups is 1. The predicted molar refractivity (Wildman–Crippen MR) is 103 cm³/mol. The van der Waals surface area contributed by atoms with Crippen molar-refractivity contribution >= 4 is 34.2 Å². The lowest BCUT2D eigenvalue weighted by molar-refractivity contribution is -0.656. The Labute approximate surface area is 156 Å². The van der Waals surface area contributed by atoms with E-state index in [4.69, 9.17) is 16.3 Å². The lowest BCUT2D eigenvalue weighted by atomic mass is 10.0. The molecular formula is C19H20ClN2O2S+. The molecule has 2 heterocycles. The van der Waals surface area contributed by atoms with Gasteiger partial charge in [0.1, 0.15) is 11.4 Å². The summed E-state index contributed by atoms with van der Waals surface area (Å²) in [6.45, 7) is 1.33. The third-order valence-corrected chi connectivity index (χ3v) is 6.18. The van der Waals surface area contributed by atoms with Crippen molar-refractivity contribution in [3.63, 3.8) is 0 Å². The van der Waals surface area contributed by atoms with E-state index in [-0.39, 0.29) is 0 Å². The molecule has 0 bridgehead atoms. The molecule has 0 unspecified atom stereocenters. The molecule has 1 atom stereocenters.